The van der Waals surface area contributed by atoms with Gasteiger partial charge in [0, 0.05) is 8.04 Å². The maximum Gasteiger partial charge on any atom is 0.161 e. The molecule has 0 unspecified atom stereocenters. The second kappa shape index (κ2) is 10.5. The third-order valence-electron chi connectivity index (χ3n) is 4.16. The molecule has 3 rings (SSSR count). The molecule has 0 bridgehead atoms. The van der Waals surface area contributed by atoms with Crippen LogP contribution in [-0.2, 0) is 6.61 Å². The minimum absolute atomic E-state index is 0.453. The van der Waals surface area contributed by atoms with E-state index in [4.69, 9.17) is 9.47 Å². The molecule has 29 heavy (non-hydrogen) atoms. The molecule has 0 heterocycles. The average Bonchev–Trinajstić information content (AvgIpc) is 2.73. The highest BCUT2D eigenvalue weighted by Crippen LogP contribution is 2.31. The fourth-order valence-electron chi connectivity index (χ4n) is 2.72. The van der Waals surface area contributed by atoms with Crippen molar-refractivity contribution < 1.29 is 9.47 Å². The summed E-state index contributed by atoms with van der Waals surface area (Å²) in [6.45, 7) is 2.92. The standard InChI is InChI=1S/C24H19BrINO2/c1-2-28-24-14-18(13-20(15-27)19-6-10-22(26)11-7-19)5-12-23(24)29-16-17-3-8-21(25)9-4-17/h3-14H,2,16H2,1H3/b20-13-. The third-order valence-corrected chi connectivity index (χ3v) is 5.41. The summed E-state index contributed by atoms with van der Waals surface area (Å²) in [6, 6.07) is 23.9. The van der Waals surface area contributed by atoms with Gasteiger partial charge >= 0.3 is 0 Å². The fourth-order valence-corrected chi connectivity index (χ4v) is 3.34. The lowest BCUT2D eigenvalue weighted by Gasteiger charge is -2.13. The number of allylic oxidation sites excluding steroid dienone is 1. The summed E-state index contributed by atoms with van der Waals surface area (Å²) in [5.74, 6) is 1.35. The van der Waals surface area contributed by atoms with Crippen LogP contribution in [0.4, 0.5) is 0 Å². The Hall–Kier alpha value is -2.30. The lowest BCUT2D eigenvalue weighted by Crippen LogP contribution is -2.00. The van der Waals surface area contributed by atoms with Crippen molar-refractivity contribution in [1.82, 2.24) is 0 Å². The van der Waals surface area contributed by atoms with Crippen molar-refractivity contribution in [3.8, 4) is 17.6 Å². The van der Waals surface area contributed by atoms with Gasteiger partial charge in [0.05, 0.1) is 18.2 Å². The van der Waals surface area contributed by atoms with Gasteiger partial charge in [0.2, 0.25) is 0 Å². The van der Waals surface area contributed by atoms with Gasteiger partial charge in [0.15, 0.2) is 11.5 Å². The highest BCUT2D eigenvalue weighted by molar-refractivity contribution is 14.1. The topological polar surface area (TPSA) is 42.2 Å². The molecule has 0 aliphatic heterocycles. The molecule has 0 saturated carbocycles. The summed E-state index contributed by atoms with van der Waals surface area (Å²) < 4.78 is 13.9. The van der Waals surface area contributed by atoms with Gasteiger partial charge in [-0.15, -0.1) is 0 Å². The molecular formula is C24H19BrINO2. The molecule has 0 radical (unpaired) electrons. The summed E-state index contributed by atoms with van der Waals surface area (Å²) >= 11 is 5.69. The molecule has 0 aliphatic rings. The first-order chi connectivity index (χ1) is 14.1. The Labute approximate surface area is 193 Å². The Morgan fingerprint density at radius 3 is 2.38 bits per heavy atom. The maximum absolute atomic E-state index is 9.59. The zero-order valence-corrected chi connectivity index (χ0v) is 19.6. The average molecular weight is 560 g/mol. The molecule has 0 spiro atoms. The number of halogens is 2. The normalized spacial score (nSPS) is 11.0. The highest BCUT2D eigenvalue weighted by atomic mass is 127. The second-order valence-corrected chi connectivity index (χ2v) is 8.39. The van der Waals surface area contributed by atoms with Crippen LogP contribution in [0, 0.1) is 14.9 Å². The van der Waals surface area contributed by atoms with Crippen LogP contribution in [0.15, 0.2) is 71.2 Å². The SMILES string of the molecule is CCOc1cc(/C=C(/C#N)c2ccc(I)cc2)ccc1OCc1ccc(Br)cc1. The van der Waals surface area contributed by atoms with Crippen LogP contribution in [-0.4, -0.2) is 6.61 Å². The van der Waals surface area contributed by atoms with Crippen molar-refractivity contribution in [3.05, 3.63) is 91.5 Å². The predicted molar refractivity (Wildman–Crippen MR) is 129 cm³/mol. The van der Waals surface area contributed by atoms with Crippen molar-refractivity contribution >= 4 is 50.2 Å². The zero-order chi connectivity index (χ0) is 20.6. The maximum atomic E-state index is 9.59. The quantitative estimate of drug-likeness (QED) is 0.176. The summed E-state index contributed by atoms with van der Waals surface area (Å²) in [5.41, 5.74) is 3.46. The molecule has 0 fully saturated rings. The van der Waals surface area contributed by atoms with Gasteiger partial charge in [0.1, 0.15) is 6.61 Å². The van der Waals surface area contributed by atoms with Gasteiger partial charge < -0.3 is 9.47 Å². The van der Waals surface area contributed by atoms with E-state index >= 15 is 0 Å². The predicted octanol–water partition coefficient (Wildman–Crippen LogP) is 7.10. The molecule has 0 aliphatic carbocycles. The summed E-state index contributed by atoms with van der Waals surface area (Å²) in [5, 5.41) is 9.59. The van der Waals surface area contributed by atoms with Gasteiger partial charge in [0.25, 0.3) is 0 Å². The van der Waals surface area contributed by atoms with Crippen LogP contribution in [0.5, 0.6) is 11.5 Å². The van der Waals surface area contributed by atoms with Crippen LogP contribution in [0.2, 0.25) is 0 Å². The van der Waals surface area contributed by atoms with Crippen LogP contribution in [0.25, 0.3) is 11.6 Å². The molecule has 0 saturated heterocycles. The van der Waals surface area contributed by atoms with E-state index in [0.717, 1.165) is 24.7 Å². The highest BCUT2D eigenvalue weighted by Gasteiger charge is 2.08. The first-order valence-electron chi connectivity index (χ1n) is 9.11. The van der Waals surface area contributed by atoms with Crippen LogP contribution < -0.4 is 9.47 Å². The summed E-state index contributed by atoms with van der Waals surface area (Å²) in [4.78, 5) is 0. The van der Waals surface area contributed by atoms with Crippen molar-refractivity contribution in [1.29, 1.82) is 5.26 Å². The van der Waals surface area contributed by atoms with E-state index in [1.165, 1.54) is 0 Å². The minimum atomic E-state index is 0.453. The van der Waals surface area contributed by atoms with E-state index in [1.54, 1.807) is 0 Å². The smallest absolute Gasteiger partial charge is 0.161 e. The molecule has 0 N–H and O–H groups in total. The lowest BCUT2D eigenvalue weighted by molar-refractivity contribution is 0.269. The monoisotopic (exact) mass is 559 g/mol. The molecule has 3 nitrogen and oxygen atoms in total. The second-order valence-electron chi connectivity index (χ2n) is 6.23. The van der Waals surface area contributed by atoms with E-state index in [2.05, 4.69) is 44.6 Å². The Kier molecular flexibility index (Phi) is 7.73. The number of benzene rings is 3. The van der Waals surface area contributed by atoms with Crippen LogP contribution in [0.3, 0.4) is 0 Å². The molecular weight excluding hydrogens is 541 g/mol. The van der Waals surface area contributed by atoms with E-state index in [1.807, 2.05) is 79.7 Å². The van der Waals surface area contributed by atoms with E-state index in [0.29, 0.717) is 30.3 Å². The number of nitrogens with zero attached hydrogens (tertiary/aromatic N) is 1. The van der Waals surface area contributed by atoms with Crippen LogP contribution >= 0.6 is 38.5 Å². The molecule has 0 amide bonds. The summed E-state index contributed by atoms with van der Waals surface area (Å²) in [6.07, 6.45) is 1.86. The molecule has 146 valence electrons. The van der Waals surface area contributed by atoms with Gasteiger partial charge in [-0.05, 0) is 88.7 Å². The van der Waals surface area contributed by atoms with Gasteiger partial charge in [-0.25, -0.2) is 0 Å². The Morgan fingerprint density at radius 2 is 1.72 bits per heavy atom. The number of ether oxygens (including phenoxy) is 2. The molecule has 0 aromatic heterocycles. The number of nitriles is 1. The Balaban J connectivity index is 1.83. The molecule has 3 aromatic carbocycles. The van der Waals surface area contributed by atoms with Crippen molar-refractivity contribution in [3.63, 3.8) is 0 Å². The fraction of sp³-hybridized carbons (Fsp3) is 0.125. The number of hydrogen-bond donors (Lipinski definition) is 0. The van der Waals surface area contributed by atoms with E-state index in [-0.39, 0.29) is 0 Å². The minimum Gasteiger partial charge on any atom is -0.490 e. The lowest BCUT2D eigenvalue weighted by atomic mass is 10.0. The van der Waals surface area contributed by atoms with Gasteiger partial charge in [-0.2, -0.15) is 5.26 Å². The molecule has 3 aromatic rings. The first kappa shape index (κ1) is 21.4. The number of hydrogen-bond acceptors (Lipinski definition) is 3. The van der Waals surface area contributed by atoms with Crippen molar-refractivity contribution in [2.75, 3.05) is 6.61 Å². The van der Waals surface area contributed by atoms with E-state index < -0.39 is 0 Å². The summed E-state index contributed by atoms with van der Waals surface area (Å²) in [7, 11) is 0. The Morgan fingerprint density at radius 1 is 1.00 bits per heavy atom. The van der Waals surface area contributed by atoms with Gasteiger partial charge in [-0.3, -0.25) is 0 Å². The number of rotatable bonds is 7. The largest absolute Gasteiger partial charge is 0.490 e. The van der Waals surface area contributed by atoms with Crippen molar-refractivity contribution in [2.45, 2.75) is 13.5 Å². The van der Waals surface area contributed by atoms with Gasteiger partial charge in [-0.1, -0.05) is 46.3 Å². The zero-order valence-electron chi connectivity index (χ0n) is 15.9. The molecule has 5 heteroatoms. The van der Waals surface area contributed by atoms with E-state index in [9.17, 15) is 5.26 Å². The first-order valence-corrected chi connectivity index (χ1v) is 11.0. The Bertz CT molecular complexity index is 1040. The third kappa shape index (κ3) is 6.09. The van der Waals surface area contributed by atoms with Crippen LogP contribution in [0.1, 0.15) is 23.6 Å². The molecule has 0 atom stereocenters. The van der Waals surface area contributed by atoms with Crippen molar-refractivity contribution in [2.24, 2.45) is 0 Å².